The number of hydrogen-bond donors (Lipinski definition) is 2. The summed E-state index contributed by atoms with van der Waals surface area (Å²) in [5.74, 6) is -0.359. The van der Waals surface area contributed by atoms with Crippen LogP contribution in [0.3, 0.4) is 0 Å². The van der Waals surface area contributed by atoms with Gasteiger partial charge in [-0.1, -0.05) is 35.5 Å². The van der Waals surface area contributed by atoms with Gasteiger partial charge in [0.25, 0.3) is 0 Å². The molecule has 2 heterocycles. The van der Waals surface area contributed by atoms with Gasteiger partial charge in [-0.05, 0) is 25.1 Å². The molecule has 0 aliphatic carbocycles. The van der Waals surface area contributed by atoms with E-state index in [-0.39, 0.29) is 5.69 Å². The Balaban J connectivity index is 1.93. The number of hydrogen-bond acceptors (Lipinski definition) is 4. The molecule has 0 spiro atoms. The highest BCUT2D eigenvalue weighted by molar-refractivity contribution is 5.86. The average molecular weight is 295 g/mol. The summed E-state index contributed by atoms with van der Waals surface area (Å²) < 4.78 is 5.26. The van der Waals surface area contributed by atoms with Gasteiger partial charge in [-0.15, -0.1) is 0 Å². The van der Waals surface area contributed by atoms with Crippen LogP contribution in [0.1, 0.15) is 27.5 Å². The third kappa shape index (κ3) is 2.67. The Labute approximate surface area is 126 Å². The maximum Gasteiger partial charge on any atom is 0.353 e. The van der Waals surface area contributed by atoms with Crippen molar-refractivity contribution in [1.29, 1.82) is 0 Å². The van der Waals surface area contributed by atoms with Gasteiger partial charge in [-0.3, -0.25) is 5.10 Å². The van der Waals surface area contributed by atoms with Gasteiger partial charge in [0.1, 0.15) is 17.1 Å². The van der Waals surface area contributed by atoms with Crippen LogP contribution in [0.25, 0.3) is 23.4 Å². The second-order valence-corrected chi connectivity index (χ2v) is 4.71. The lowest BCUT2D eigenvalue weighted by Gasteiger charge is -1.97. The van der Waals surface area contributed by atoms with E-state index in [4.69, 9.17) is 9.63 Å². The first-order valence-corrected chi connectivity index (χ1v) is 6.63. The Kier molecular flexibility index (Phi) is 3.57. The number of aromatic amines is 1. The van der Waals surface area contributed by atoms with Crippen molar-refractivity contribution in [3.63, 3.8) is 0 Å². The molecule has 6 nitrogen and oxygen atoms in total. The van der Waals surface area contributed by atoms with E-state index in [0.29, 0.717) is 11.5 Å². The number of carboxylic acid groups (broad SMARTS) is 1. The van der Waals surface area contributed by atoms with Crippen molar-refractivity contribution >= 4 is 18.1 Å². The van der Waals surface area contributed by atoms with Crippen molar-refractivity contribution in [1.82, 2.24) is 15.4 Å². The Morgan fingerprint density at radius 1 is 1.27 bits per heavy atom. The molecule has 3 aromatic rings. The number of benzene rings is 1. The summed E-state index contributed by atoms with van der Waals surface area (Å²) in [6.07, 6.45) is 3.53. The van der Waals surface area contributed by atoms with Gasteiger partial charge in [-0.2, -0.15) is 5.10 Å². The molecule has 1 aromatic carbocycles. The molecular formula is C16H13N3O3. The minimum absolute atomic E-state index is 0.0463. The van der Waals surface area contributed by atoms with Crippen LogP contribution in [0.4, 0.5) is 0 Å². The molecule has 3 rings (SSSR count). The fourth-order valence-corrected chi connectivity index (χ4v) is 2.08. The number of aryl methyl sites for hydroxylation is 1. The number of carbonyl (C=O) groups is 1. The minimum atomic E-state index is -1.04. The Morgan fingerprint density at radius 2 is 2.05 bits per heavy atom. The minimum Gasteiger partial charge on any atom is -0.477 e. The first-order valence-electron chi connectivity index (χ1n) is 6.63. The number of aromatic carboxylic acids is 1. The number of carboxylic acids is 1. The molecule has 110 valence electrons. The van der Waals surface area contributed by atoms with Crippen molar-refractivity contribution in [3.05, 3.63) is 59.1 Å². The zero-order chi connectivity index (χ0) is 15.5. The second kappa shape index (κ2) is 5.69. The highest BCUT2D eigenvalue weighted by atomic mass is 16.5. The van der Waals surface area contributed by atoms with Crippen molar-refractivity contribution in [2.24, 2.45) is 0 Å². The number of aromatic nitrogens is 3. The number of nitrogens with zero attached hydrogens (tertiary/aromatic N) is 2. The van der Waals surface area contributed by atoms with Crippen LogP contribution >= 0.6 is 0 Å². The van der Waals surface area contributed by atoms with Gasteiger partial charge >= 0.3 is 5.97 Å². The molecule has 0 atom stereocenters. The van der Waals surface area contributed by atoms with E-state index < -0.39 is 5.97 Å². The zero-order valence-electron chi connectivity index (χ0n) is 11.8. The number of rotatable bonds is 4. The van der Waals surface area contributed by atoms with E-state index in [1.807, 2.05) is 43.3 Å². The van der Waals surface area contributed by atoms with Crippen LogP contribution in [0, 0.1) is 6.92 Å². The van der Waals surface area contributed by atoms with Crippen LogP contribution in [0.5, 0.6) is 0 Å². The molecule has 0 bridgehead atoms. The third-order valence-corrected chi connectivity index (χ3v) is 3.20. The van der Waals surface area contributed by atoms with E-state index in [0.717, 1.165) is 16.8 Å². The third-order valence-electron chi connectivity index (χ3n) is 3.20. The second-order valence-electron chi connectivity index (χ2n) is 4.71. The normalized spacial score (nSPS) is 11.1. The van der Waals surface area contributed by atoms with Crippen LogP contribution in [0.2, 0.25) is 0 Å². The van der Waals surface area contributed by atoms with Gasteiger partial charge in [-0.25, -0.2) is 4.79 Å². The molecule has 0 fully saturated rings. The maximum absolute atomic E-state index is 10.8. The Morgan fingerprint density at radius 3 is 2.73 bits per heavy atom. The highest BCUT2D eigenvalue weighted by Gasteiger charge is 2.12. The predicted molar refractivity (Wildman–Crippen MR) is 81.2 cm³/mol. The molecule has 2 aromatic heterocycles. The summed E-state index contributed by atoms with van der Waals surface area (Å²) in [7, 11) is 0. The van der Waals surface area contributed by atoms with Crippen molar-refractivity contribution in [2.75, 3.05) is 0 Å². The van der Waals surface area contributed by atoms with Gasteiger partial charge in [0, 0.05) is 11.1 Å². The molecular weight excluding hydrogens is 282 g/mol. The van der Waals surface area contributed by atoms with Gasteiger partial charge in [0.05, 0.1) is 5.69 Å². The summed E-state index contributed by atoms with van der Waals surface area (Å²) in [5.41, 5.74) is 3.10. The molecule has 6 heteroatoms. The molecule has 0 amide bonds. The number of H-pyrrole nitrogens is 1. The zero-order valence-corrected chi connectivity index (χ0v) is 11.8. The summed E-state index contributed by atoms with van der Waals surface area (Å²) in [6, 6.07) is 11.2. The molecule has 2 N–H and O–H groups in total. The molecule has 0 radical (unpaired) electrons. The van der Waals surface area contributed by atoms with E-state index in [1.54, 1.807) is 6.08 Å². The fraction of sp³-hybridized carbons (Fsp3) is 0.0625. The first-order chi connectivity index (χ1) is 10.6. The standard InChI is InChI=1S/C16H13N3O3/c1-10-13(8-7-12-9-14(16(20)21)18-17-12)15(19-22-10)11-5-3-2-4-6-11/h2-9H,1H3,(H,17,18)(H,20,21). The van der Waals surface area contributed by atoms with Crippen molar-refractivity contribution in [2.45, 2.75) is 6.92 Å². The van der Waals surface area contributed by atoms with Crippen molar-refractivity contribution in [3.8, 4) is 11.3 Å². The lowest BCUT2D eigenvalue weighted by molar-refractivity contribution is 0.0690. The van der Waals surface area contributed by atoms with E-state index in [9.17, 15) is 4.79 Å². The SMILES string of the molecule is Cc1onc(-c2ccccc2)c1C=Cc1cc(C(=O)O)[nH]n1. The summed E-state index contributed by atoms with van der Waals surface area (Å²) >= 11 is 0. The van der Waals surface area contributed by atoms with Gasteiger partial charge in [0.2, 0.25) is 0 Å². The summed E-state index contributed by atoms with van der Waals surface area (Å²) in [6.45, 7) is 1.83. The summed E-state index contributed by atoms with van der Waals surface area (Å²) in [5, 5.41) is 19.3. The van der Waals surface area contributed by atoms with E-state index in [2.05, 4.69) is 15.4 Å². The average Bonchev–Trinajstić information content (AvgIpc) is 3.13. The molecule has 0 saturated carbocycles. The first kappa shape index (κ1) is 13.8. The smallest absolute Gasteiger partial charge is 0.353 e. The van der Waals surface area contributed by atoms with E-state index in [1.165, 1.54) is 6.07 Å². The van der Waals surface area contributed by atoms with Crippen LogP contribution in [-0.2, 0) is 0 Å². The van der Waals surface area contributed by atoms with Gasteiger partial charge in [0.15, 0.2) is 0 Å². The topological polar surface area (TPSA) is 92.0 Å². The molecule has 0 aliphatic rings. The monoisotopic (exact) mass is 295 g/mol. The highest BCUT2D eigenvalue weighted by Crippen LogP contribution is 2.26. The molecule has 0 saturated heterocycles. The van der Waals surface area contributed by atoms with Gasteiger partial charge < -0.3 is 9.63 Å². The number of nitrogens with one attached hydrogen (secondary N) is 1. The lowest BCUT2D eigenvalue weighted by Crippen LogP contribution is -1.95. The molecule has 0 aliphatic heterocycles. The Bertz CT molecular complexity index is 831. The van der Waals surface area contributed by atoms with Crippen LogP contribution in [0.15, 0.2) is 40.9 Å². The quantitative estimate of drug-likeness (QED) is 0.770. The lowest BCUT2D eigenvalue weighted by atomic mass is 10.1. The fourth-order valence-electron chi connectivity index (χ4n) is 2.08. The predicted octanol–water partition coefficient (Wildman–Crippen LogP) is 3.24. The summed E-state index contributed by atoms with van der Waals surface area (Å²) in [4.78, 5) is 10.8. The molecule has 22 heavy (non-hydrogen) atoms. The van der Waals surface area contributed by atoms with E-state index >= 15 is 0 Å². The molecule has 0 unspecified atom stereocenters. The van der Waals surface area contributed by atoms with Crippen molar-refractivity contribution < 1.29 is 14.4 Å². The maximum atomic E-state index is 10.8. The van der Waals surface area contributed by atoms with Crippen LogP contribution < -0.4 is 0 Å². The van der Waals surface area contributed by atoms with Crippen LogP contribution in [-0.4, -0.2) is 26.4 Å². The Hall–Kier alpha value is -3.15. The largest absolute Gasteiger partial charge is 0.477 e.